The van der Waals surface area contributed by atoms with Gasteiger partial charge in [-0.05, 0) is 38.1 Å². The molecule has 1 aliphatic carbocycles. The predicted octanol–water partition coefficient (Wildman–Crippen LogP) is 0.749. The minimum absolute atomic E-state index is 0.404. The molecule has 2 aliphatic heterocycles. The lowest BCUT2D eigenvalue weighted by atomic mass is 9.96. The van der Waals surface area contributed by atoms with Crippen molar-refractivity contribution in [2.45, 2.75) is 44.2 Å². The number of piperidine rings is 1. The summed E-state index contributed by atoms with van der Waals surface area (Å²) in [5, 5.41) is 3.51. The zero-order valence-electron chi connectivity index (χ0n) is 8.54. The van der Waals surface area contributed by atoms with Gasteiger partial charge in [0.2, 0.25) is 5.91 Å². The van der Waals surface area contributed by atoms with Crippen LogP contribution in [0.15, 0.2) is 0 Å². The van der Waals surface area contributed by atoms with Crippen molar-refractivity contribution in [3.63, 3.8) is 0 Å². The van der Waals surface area contributed by atoms with Crippen LogP contribution >= 0.6 is 0 Å². The number of amides is 1. The van der Waals surface area contributed by atoms with Crippen molar-refractivity contribution < 1.29 is 4.79 Å². The normalized spacial score (nSPS) is 37.4. The molecule has 0 spiro atoms. The van der Waals surface area contributed by atoms with Crippen LogP contribution in [0.5, 0.6) is 0 Å². The van der Waals surface area contributed by atoms with E-state index in [2.05, 4.69) is 10.2 Å². The molecule has 0 unspecified atom stereocenters. The molecule has 3 heteroatoms. The first-order valence-corrected chi connectivity index (χ1v) is 5.87. The molecule has 0 aromatic carbocycles. The van der Waals surface area contributed by atoms with Crippen LogP contribution in [0.4, 0.5) is 0 Å². The Morgan fingerprint density at radius 1 is 1.29 bits per heavy atom. The highest BCUT2D eigenvalue weighted by atomic mass is 16.2. The second-order valence-electron chi connectivity index (χ2n) is 4.94. The molecule has 3 nitrogen and oxygen atoms in total. The van der Waals surface area contributed by atoms with Crippen LogP contribution in [0.1, 0.15) is 32.1 Å². The number of carbonyl (C=O) groups excluding carboxylic acids is 1. The van der Waals surface area contributed by atoms with Crippen molar-refractivity contribution in [2.24, 2.45) is 5.92 Å². The van der Waals surface area contributed by atoms with E-state index >= 15 is 0 Å². The fourth-order valence-electron chi connectivity index (χ4n) is 2.84. The Bertz CT molecular complexity index is 250. The molecule has 14 heavy (non-hydrogen) atoms. The third-order valence-electron chi connectivity index (χ3n) is 3.85. The van der Waals surface area contributed by atoms with Crippen molar-refractivity contribution >= 4 is 5.91 Å². The number of likely N-dealkylation sites (tertiary alicyclic amines) is 1. The topological polar surface area (TPSA) is 32.3 Å². The van der Waals surface area contributed by atoms with E-state index in [0.29, 0.717) is 18.0 Å². The minimum atomic E-state index is 0.404. The van der Waals surface area contributed by atoms with Crippen molar-refractivity contribution in [1.29, 1.82) is 0 Å². The molecule has 2 saturated heterocycles. The summed E-state index contributed by atoms with van der Waals surface area (Å²) in [6, 6.07) is 1.13. The van der Waals surface area contributed by atoms with Crippen molar-refractivity contribution in [3.05, 3.63) is 0 Å². The monoisotopic (exact) mass is 194 g/mol. The van der Waals surface area contributed by atoms with E-state index in [-0.39, 0.29) is 0 Å². The third-order valence-corrected chi connectivity index (χ3v) is 3.85. The van der Waals surface area contributed by atoms with Crippen LogP contribution in [0.25, 0.3) is 0 Å². The number of rotatable bonds is 2. The second kappa shape index (κ2) is 3.23. The molecule has 2 atom stereocenters. The molecular formula is C11H18N2O. The molecular weight excluding hydrogens is 176 g/mol. The first kappa shape index (κ1) is 8.72. The summed E-state index contributed by atoms with van der Waals surface area (Å²) in [7, 11) is 0. The standard InChI is InChI=1S/C11H18N2O/c14-11-4-3-9-10(5-6-12-9)13(11)7-8-1-2-8/h8-10,12H,1-7H2/t9-,10-/m0/s1. The lowest BCUT2D eigenvalue weighted by Gasteiger charge is -2.37. The first-order chi connectivity index (χ1) is 6.84. The highest BCUT2D eigenvalue weighted by Gasteiger charge is 2.40. The molecule has 1 amide bonds. The SMILES string of the molecule is O=C1CC[C@@H]2NCC[C@@H]2N1CC1CC1. The Balaban J connectivity index is 1.72. The van der Waals surface area contributed by atoms with Crippen LogP contribution < -0.4 is 5.32 Å². The Labute approximate surface area is 84.8 Å². The van der Waals surface area contributed by atoms with Gasteiger partial charge in [-0.2, -0.15) is 0 Å². The lowest BCUT2D eigenvalue weighted by molar-refractivity contribution is -0.137. The summed E-state index contributed by atoms with van der Waals surface area (Å²) in [5.41, 5.74) is 0. The number of nitrogens with one attached hydrogen (secondary N) is 1. The van der Waals surface area contributed by atoms with Crippen molar-refractivity contribution in [1.82, 2.24) is 10.2 Å². The molecule has 78 valence electrons. The van der Waals surface area contributed by atoms with Crippen LogP contribution in [0.3, 0.4) is 0 Å². The van der Waals surface area contributed by atoms with E-state index in [0.717, 1.165) is 31.8 Å². The maximum absolute atomic E-state index is 11.8. The number of hydrogen-bond acceptors (Lipinski definition) is 2. The summed E-state index contributed by atoms with van der Waals surface area (Å²) < 4.78 is 0. The molecule has 1 saturated carbocycles. The van der Waals surface area contributed by atoms with Crippen LogP contribution in [0, 0.1) is 5.92 Å². The zero-order valence-corrected chi connectivity index (χ0v) is 8.54. The quantitative estimate of drug-likeness (QED) is 0.703. The maximum atomic E-state index is 11.8. The lowest BCUT2D eigenvalue weighted by Crippen LogP contribution is -2.51. The van der Waals surface area contributed by atoms with E-state index in [1.165, 1.54) is 19.3 Å². The molecule has 0 aromatic heterocycles. The summed E-state index contributed by atoms with van der Waals surface area (Å²) in [4.78, 5) is 14.0. The van der Waals surface area contributed by atoms with Gasteiger partial charge in [0.1, 0.15) is 0 Å². The Kier molecular flexibility index (Phi) is 2.01. The van der Waals surface area contributed by atoms with E-state index in [9.17, 15) is 4.79 Å². The number of hydrogen-bond donors (Lipinski definition) is 1. The average Bonchev–Trinajstić information content (AvgIpc) is 2.86. The molecule has 3 fully saturated rings. The Morgan fingerprint density at radius 3 is 2.93 bits per heavy atom. The van der Waals surface area contributed by atoms with E-state index in [1.54, 1.807) is 0 Å². The van der Waals surface area contributed by atoms with Gasteiger partial charge in [-0.1, -0.05) is 0 Å². The number of nitrogens with zero attached hydrogens (tertiary/aromatic N) is 1. The van der Waals surface area contributed by atoms with E-state index in [1.807, 2.05) is 0 Å². The van der Waals surface area contributed by atoms with Crippen molar-refractivity contribution in [3.8, 4) is 0 Å². The van der Waals surface area contributed by atoms with Gasteiger partial charge < -0.3 is 10.2 Å². The van der Waals surface area contributed by atoms with E-state index < -0.39 is 0 Å². The largest absolute Gasteiger partial charge is 0.338 e. The maximum Gasteiger partial charge on any atom is 0.222 e. The zero-order chi connectivity index (χ0) is 9.54. The summed E-state index contributed by atoms with van der Waals surface area (Å²) in [6.45, 7) is 2.14. The first-order valence-electron chi connectivity index (χ1n) is 5.87. The highest BCUT2D eigenvalue weighted by molar-refractivity contribution is 5.77. The Hall–Kier alpha value is -0.570. The van der Waals surface area contributed by atoms with Gasteiger partial charge in [0, 0.05) is 25.0 Å². The molecule has 3 rings (SSSR count). The van der Waals surface area contributed by atoms with Gasteiger partial charge in [-0.15, -0.1) is 0 Å². The smallest absolute Gasteiger partial charge is 0.222 e. The number of carbonyl (C=O) groups is 1. The summed E-state index contributed by atoms with van der Waals surface area (Å²) in [5.74, 6) is 1.24. The summed E-state index contributed by atoms with van der Waals surface area (Å²) in [6.07, 6.45) is 5.68. The Morgan fingerprint density at radius 2 is 2.14 bits per heavy atom. The molecule has 3 aliphatic rings. The minimum Gasteiger partial charge on any atom is -0.338 e. The summed E-state index contributed by atoms with van der Waals surface area (Å²) >= 11 is 0. The predicted molar refractivity (Wildman–Crippen MR) is 53.9 cm³/mol. The molecule has 0 radical (unpaired) electrons. The third kappa shape index (κ3) is 1.44. The van der Waals surface area contributed by atoms with Crippen molar-refractivity contribution in [2.75, 3.05) is 13.1 Å². The van der Waals surface area contributed by atoms with Gasteiger partial charge in [0.15, 0.2) is 0 Å². The van der Waals surface area contributed by atoms with Gasteiger partial charge in [0.25, 0.3) is 0 Å². The van der Waals surface area contributed by atoms with Crippen LogP contribution in [0.2, 0.25) is 0 Å². The highest BCUT2D eigenvalue weighted by Crippen LogP contribution is 2.33. The fourth-order valence-corrected chi connectivity index (χ4v) is 2.84. The van der Waals surface area contributed by atoms with E-state index in [4.69, 9.17) is 0 Å². The average molecular weight is 194 g/mol. The van der Waals surface area contributed by atoms with Gasteiger partial charge in [-0.3, -0.25) is 4.79 Å². The molecule has 2 heterocycles. The van der Waals surface area contributed by atoms with Gasteiger partial charge in [-0.25, -0.2) is 0 Å². The van der Waals surface area contributed by atoms with Crippen LogP contribution in [-0.4, -0.2) is 36.0 Å². The van der Waals surface area contributed by atoms with Gasteiger partial charge in [0.05, 0.1) is 0 Å². The second-order valence-corrected chi connectivity index (χ2v) is 4.94. The fraction of sp³-hybridized carbons (Fsp3) is 0.909. The molecule has 0 bridgehead atoms. The molecule has 1 N–H and O–H groups in total. The van der Waals surface area contributed by atoms with Crippen LogP contribution in [-0.2, 0) is 4.79 Å². The molecule has 0 aromatic rings. The number of fused-ring (bicyclic) bond motifs is 1. The van der Waals surface area contributed by atoms with Gasteiger partial charge >= 0.3 is 0 Å².